The number of rotatable bonds is 3. The normalized spacial score (nSPS) is 12.2. The molecule has 2 N–H and O–H groups in total. The van der Waals surface area contributed by atoms with Crippen LogP contribution in [0.15, 0.2) is 24.3 Å². The summed E-state index contributed by atoms with van der Waals surface area (Å²) in [6.45, 7) is 1.63. The van der Waals surface area contributed by atoms with Crippen LogP contribution in [0.2, 0.25) is 0 Å². The number of carbonyl (C=O) groups excluding carboxylic acids is 1. The Bertz CT molecular complexity index is 297. The van der Waals surface area contributed by atoms with E-state index in [1.165, 1.54) is 0 Å². The highest BCUT2D eigenvalue weighted by atomic mass is 127. The van der Waals surface area contributed by atoms with Gasteiger partial charge in [-0.15, -0.1) is 0 Å². The molecule has 0 aliphatic carbocycles. The molecule has 4 heteroatoms. The standard InChI is InChI=1S/C9H10INO2/c1-6(9(11)12)13-8-4-2-7(10)3-5-8/h2-6H,1H3,(H2,11,12)/t6-/m1/s1. The minimum Gasteiger partial charge on any atom is -0.481 e. The Morgan fingerprint density at radius 3 is 2.46 bits per heavy atom. The molecule has 0 saturated carbocycles. The maximum atomic E-state index is 10.7. The summed E-state index contributed by atoms with van der Waals surface area (Å²) in [5, 5.41) is 0. The lowest BCUT2D eigenvalue weighted by atomic mass is 10.3. The fourth-order valence-corrected chi connectivity index (χ4v) is 1.13. The second-order valence-corrected chi connectivity index (χ2v) is 3.86. The lowest BCUT2D eigenvalue weighted by Gasteiger charge is -2.10. The van der Waals surface area contributed by atoms with Gasteiger partial charge in [0.05, 0.1) is 0 Å². The zero-order valence-corrected chi connectivity index (χ0v) is 9.32. The maximum absolute atomic E-state index is 10.7. The number of amides is 1. The molecule has 1 atom stereocenters. The lowest BCUT2D eigenvalue weighted by molar-refractivity contribution is -0.123. The number of carbonyl (C=O) groups is 1. The van der Waals surface area contributed by atoms with Gasteiger partial charge in [-0.25, -0.2) is 0 Å². The Balaban J connectivity index is 2.64. The topological polar surface area (TPSA) is 52.3 Å². The summed E-state index contributed by atoms with van der Waals surface area (Å²) < 4.78 is 6.37. The van der Waals surface area contributed by atoms with E-state index in [0.717, 1.165) is 3.57 Å². The molecule has 13 heavy (non-hydrogen) atoms. The van der Waals surface area contributed by atoms with Crippen molar-refractivity contribution in [3.8, 4) is 5.75 Å². The summed E-state index contributed by atoms with van der Waals surface area (Å²) in [5.74, 6) is 0.199. The second-order valence-electron chi connectivity index (χ2n) is 2.62. The summed E-state index contributed by atoms with van der Waals surface area (Å²) >= 11 is 2.20. The highest BCUT2D eigenvalue weighted by Crippen LogP contribution is 2.14. The molecule has 1 aromatic carbocycles. The van der Waals surface area contributed by atoms with E-state index in [1.54, 1.807) is 19.1 Å². The molecule has 0 spiro atoms. The highest BCUT2D eigenvalue weighted by Gasteiger charge is 2.09. The van der Waals surface area contributed by atoms with Crippen molar-refractivity contribution < 1.29 is 9.53 Å². The van der Waals surface area contributed by atoms with Crippen LogP contribution in [0.25, 0.3) is 0 Å². The SMILES string of the molecule is C[C@@H](Oc1ccc(I)cc1)C(N)=O. The third-order valence-corrected chi connectivity index (χ3v) is 2.25. The van der Waals surface area contributed by atoms with Crippen LogP contribution in [0.1, 0.15) is 6.92 Å². The van der Waals surface area contributed by atoms with Crippen LogP contribution < -0.4 is 10.5 Å². The van der Waals surface area contributed by atoms with Gasteiger partial charge < -0.3 is 10.5 Å². The van der Waals surface area contributed by atoms with E-state index in [-0.39, 0.29) is 0 Å². The summed E-state index contributed by atoms with van der Waals surface area (Å²) in [7, 11) is 0. The molecule has 0 radical (unpaired) electrons. The third-order valence-electron chi connectivity index (χ3n) is 1.53. The van der Waals surface area contributed by atoms with E-state index < -0.39 is 12.0 Å². The van der Waals surface area contributed by atoms with E-state index in [4.69, 9.17) is 10.5 Å². The van der Waals surface area contributed by atoms with Crippen molar-refractivity contribution in [1.82, 2.24) is 0 Å². The Labute approximate surface area is 90.4 Å². The van der Waals surface area contributed by atoms with Gasteiger partial charge in [0.2, 0.25) is 0 Å². The van der Waals surface area contributed by atoms with Crippen molar-refractivity contribution in [2.75, 3.05) is 0 Å². The fraction of sp³-hybridized carbons (Fsp3) is 0.222. The molecule has 3 nitrogen and oxygen atoms in total. The van der Waals surface area contributed by atoms with Gasteiger partial charge in [0.1, 0.15) is 5.75 Å². The predicted molar refractivity (Wildman–Crippen MR) is 58.4 cm³/mol. The zero-order valence-electron chi connectivity index (χ0n) is 7.16. The first-order chi connectivity index (χ1) is 6.09. The van der Waals surface area contributed by atoms with Crippen LogP contribution in [-0.4, -0.2) is 12.0 Å². The average molecular weight is 291 g/mol. The lowest BCUT2D eigenvalue weighted by Crippen LogP contribution is -2.30. The largest absolute Gasteiger partial charge is 0.481 e. The molecular formula is C9H10INO2. The van der Waals surface area contributed by atoms with Crippen LogP contribution in [-0.2, 0) is 4.79 Å². The van der Waals surface area contributed by atoms with E-state index in [2.05, 4.69) is 22.6 Å². The number of primary amides is 1. The number of halogens is 1. The van der Waals surface area contributed by atoms with Gasteiger partial charge in [-0.05, 0) is 53.8 Å². The van der Waals surface area contributed by atoms with Gasteiger partial charge in [-0.1, -0.05) is 0 Å². The monoisotopic (exact) mass is 291 g/mol. The van der Waals surface area contributed by atoms with Gasteiger partial charge in [-0.3, -0.25) is 4.79 Å². The smallest absolute Gasteiger partial charge is 0.258 e. The van der Waals surface area contributed by atoms with Crippen LogP contribution in [0.4, 0.5) is 0 Å². The number of benzene rings is 1. The zero-order chi connectivity index (χ0) is 9.84. The van der Waals surface area contributed by atoms with Crippen molar-refractivity contribution in [1.29, 1.82) is 0 Å². The molecule has 1 amide bonds. The molecule has 0 fully saturated rings. The van der Waals surface area contributed by atoms with Crippen molar-refractivity contribution >= 4 is 28.5 Å². The van der Waals surface area contributed by atoms with Gasteiger partial charge >= 0.3 is 0 Å². The minimum absolute atomic E-state index is 0.460. The summed E-state index contributed by atoms with van der Waals surface area (Å²) in [6.07, 6.45) is -0.583. The number of ether oxygens (including phenoxy) is 1. The van der Waals surface area contributed by atoms with Crippen molar-refractivity contribution in [3.63, 3.8) is 0 Å². The quantitative estimate of drug-likeness (QED) is 0.859. The predicted octanol–water partition coefficient (Wildman–Crippen LogP) is 1.54. The molecule has 0 saturated heterocycles. The fourth-order valence-electron chi connectivity index (χ4n) is 0.775. The first-order valence-corrected chi connectivity index (χ1v) is 4.89. The molecule has 0 aromatic heterocycles. The second kappa shape index (κ2) is 4.45. The van der Waals surface area contributed by atoms with Gasteiger partial charge in [-0.2, -0.15) is 0 Å². The average Bonchev–Trinajstić information content (AvgIpc) is 2.08. The molecule has 0 aliphatic rings. The van der Waals surface area contributed by atoms with Gasteiger partial charge in [0.25, 0.3) is 5.91 Å². The molecule has 0 heterocycles. The van der Waals surface area contributed by atoms with Crippen LogP contribution in [0.3, 0.4) is 0 Å². The number of hydrogen-bond acceptors (Lipinski definition) is 2. The molecule has 1 rings (SSSR count). The maximum Gasteiger partial charge on any atom is 0.258 e. The van der Waals surface area contributed by atoms with Gasteiger partial charge in [0.15, 0.2) is 6.10 Å². The van der Waals surface area contributed by atoms with E-state index >= 15 is 0 Å². The Kier molecular flexibility index (Phi) is 3.53. The first-order valence-electron chi connectivity index (χ1n) is 3.81. The molecule has 70 valence electrons. The van der Waals surface area contributed by atoms with E-state index in [1.807, 2.05) is 12.1 Å². The Hall–Kier alpha value is -0.780. The molecular weight excluding hydrogens is 281 g/mol. The highest BCUT2D eigenvalue weighted by molar-refractivity contribution is 14.1. The summed E-state index contributed by atoms with van der Waals surface area (Å²) in [6, 6.07) is 7.43. The van der Waals surface area contributed by atoms with Gasteiger partial charge in [0, 0.05) is 3.57 Å². The van der Waals surface area contributed by atoms with Crippen LogP contribution >= 0.6 is 22.6 Å². The van der Waals surface area contributed by atoms with E-state index in [0.29, 0.717) is 5.75 Å². The Morgan fingerprint density at radius 1 is 1.46 bits per heavy atom. The number of nitrogens with two attached hydrogens (primary N) is 1. The summed E-state index contributed by atoms with van der Waals surface area (Å²) in [4.78, 5) is 10.7. The molecule has 0 unspecified atom stereocenters. The first kappa shape index (κ1) is 10.3. The number of hydrogen-bond donors (Lipinski definition) is 1. The minimum atomic E-state index is -0.583. The van der Waals surface area contributed by atoms with E-state index in [9.17, 15) is 4.79 Å². The van der Waals surface area contributed by atoms with Crippen molar-refractivity contribution in [3.05, 3.63) is 27.8 Å². The van der Waals surface area contributed by atoms with Crippen molar-refractivity contribution in [2.24, 2.45) is 5.73 Å². The molecule has 0 bridgehead atoms. The molecule has 1 aromatic rings. The third kappa shape index (κ3) is 3.22. The summed E-state index contributed by atoms with van der Waals surface area (Å²) in [5.41, 5.74) is 5.05. The Morgan fingerprint density at radius 2 is 2.00 bits per heavy atom. The van der Waals surface area contributed by atoms with Crippen LogP contribution in [0.5, 0.6) is 5.75 Å². The molecule has 0 aliphatic heterocycles. The van der Waals surface area contributed by atoms with Crippen LogP contribution in [0, 0.1) is 3.57 Å². The van der Waals surface area contributed by atoms with Crippen molar-refractivity contribution in [2.45, 2.75) is 13.0 Å².